The van der Waals surface area contributed by atoms with E-state index in [-0.39, 0.29) is 18.2 Å². The molecular weight excluding hydrogens is 284 g/mol. The van der Waals surface area contributed by atoms with Crippen molar-refractivity contribution in [3.05, 3.63) is 29.8 Å². The lowest BCUT2D eigenvalue weighted by Gasteiger charge is -2.11. The number of amides is 1. The highest BCUT2D eigenvalue weighted by Gasteiger charge is 2.32. The molecule has 7 heteroatoms. The quantitative estimate of drug-likeness (QED) is 0.893. The molecule has 21 heavy (non-hydrogen) atoms. The number of nitrogens with zero attached hydrogens (tertiary/aromatic N) is 1. The van der Waals surface area contributed by atoms with Crippen molar-refractivity contribution in [1.29, 1.82) is 0 Å². The summed E-state index contributed by atoms with van der Waals surface area (Å²) in [6.07, 6.45) is 0.855. The van der Waals surface area contributed by atoms with Crippen LogP contribution in [0.2, 0.25) is 0 Å². The Kier molecular flexibility index (Phi) is 3.04. The maximum absolute atomic E-state index is 13.7. The first-order valence-electron chi connectivity index (χ1n) is 6.30. The Morgan fingerprint density at radius 3 is 2.38 bits per heavy atom. The van der Waals surface area contributed by atoms with Crippen molar-refractivity contribution >= 4 is 11.8 Å². The molecule has 1 aromatic heterocycles. The summed E-state index contributed by atoms with van der Waals surface area (Å²) in [6, 6.07) is 3.16. The monoisotopic (exact) mass is 295 g/mol. The summed E-state index contributed by atoms with van der Waals surface area (Å²) in [5.41, 5.74) is -0.594. The Hall–Kier alpha value is -2.57. The Morgan fingerprint density at radius 2 is 1.81 bits per heavy atom. The summed E-state index contributed by atoms with van der Waals surface area (Å²) >= 11 is 0. The van der Waals surface area contributed by atoms with Crippen molar-refractivity contribution in [2.45, 2.75) is 12.8 Å². The predicted molar refractivity (Wildman–Crippen MR) is 69.0 cm³/mol. The average molecular weight is 295 g/mol. The van der Waals surface area contributed by atoms with Crippen molar-refractivity contribution in [2.24, 2.45) is 0 Å². The second-order valence-corrected chi connectivity index (χ2v) is 4.68. The molecule has 0 radical (unpaired) electrons. The number of carbonyl (C=O) groups excluding carboxylic acids is 1. The van der Waals surface area contributed by atoms with E-state index in [9.17, 15) is 23.8 Å². The summed E-state index contributed by atoms with van der Waals surface area (Å²) in [5.74, 6) is -4.53. The highest BCUT2D eigenvalue weighted by atomic mass is 19.1. The third-order valence-corrected chi connectivity index (χ3v) is 3.35. The zero-order valence-corrected chi connectivity index (χ0v) is 10.8. The van der Waals surface area contributed by atoms with Crippen LogP contribution in [0.25, 0.3) is 11.3 Å². The molecule has 1 fully saturated rings. The molecule has 0 unspecified atom stereocenters. The van der Waals surface area contributed by atoms with Crippen molar-refractivity contribution in [3.8, 4) is 22.8 Å². The minimum atomic E-state index is -0.946. The molecule has 0 spiro atoms. The van der Waals surface area contributed by atoms with Gasteiger partial charge in [0.25, 0.3) is 0 Å². The van der Waals surface area contributed by atoms with E-state index in [1.54, 1.807) is 0 Å². The second kappa shape index (κ2) is 4.76. The van der Waals surface area contributed by atoms with E-state index in [0.29, 0.717) is 13.0 Å². The van der Waals surface area contributed by atoms with Gasteiger partial charge >= 0.3 is 0 Å². The van der Waals surface area contributed by atoms with Gasteiger partial charge in [0, 0.05) is 13.0 Å². The number of hydrogen-bond acceptors (Lipinski definition) is 4. The standard InChI is InChI=1S/C14H11F2NO4/c15-7-3-1-4-8(16)10(7)13-11(19)12(20)14(21-13)17-6-2-5-9(17)18/h1,3-4,19-20H,2,5-6H2. The van der Waals surface area contributed by atoms with E-state index in [0.717, 1.165) is 17.0 Å². The van der Waals surface area contributed by atoms with Gasteiger partial charge in [-0.05, 0) is 18.6 Å². The average Bonchev–Trinajstić information content (AvgIpc) is 2.97. The molecule has 0 bridgehead atoms. The van der Waals surface area contributed by atoms with E-state index in [1.165, 1.54) is 6.07 Å². The molecule has 1 aromatic carbocycles. The number of furan rings is 1. The van der Waals surface area contributed by atoms with Gasteiger partial charge in [-0.1, -0.05) is 6.07 Å². The third kappa shape index (κ3) is 2.01. The largest absolute Gasteiger partial charge is 0.502 e. The number of aromatic hydroxyl groups is 2. The molecule has 110 valence electrons. The predicted octanol–water partition coefficient (Wildman–Crippen LogP) is 2.76. The topological polar surface area (TPSA) is 73.9 Å². The molecule has 0 saturated carbocycles. The van der Waals surface area contributed by atoms with E-state index < -0.39 is 34.5 Å². The van der Waals surface area contributed by atoms with Crippen LogP contribution in [0.1, 0.15) is 12.8 Å². The number of anilines is 1. The van der Waals surface area contributed by atoms with Gasteiger partial charge in [-0.15, -0.1) is 0 Å². The summed E-state index contributed by atoms with van der Waals surface area (Å²) < 4.78 is 32.6. The maximum atomic E-state index is 13.7. The normalized spacial score (nSPS) is 15.0. The fraction of sp³-hybridized carbons (Fsp3) is 0.214. The molecule has 0 atom stereocenters. The molecule has 1 amide bonds. The highest BCUT2D eigenvalue weighted by Crippen LogP contribution is 2.48. The summed E-state index contributed by atoms with van der Waals surface area (Å²) in [6.45, 7) is 0.304. The molecular formula is C14H11F2NO4. The fourth-order valence-electron chi connectivity index (χ4n) is 2.33. The number of benzene rings is 1. The molecule has 2 aromatic rings. The lowest BCUT2D eigenvalue weighted by Crippen LogP contribution is -2.23. The molecule has 2 N–H and O–H groups in total. The first-order valence-corrected chi connectivity index (χ1v) is 6.30. The maximum Gasteiger partial charge on any atom is 0.249 e. The van der Waals surface area contributed by atoms with Crippen LogP contribution in [0.3, 0.4) is 0 Å². The lowest BCUT2D eigenvalue weighted by molar-refractivity contribution is -0.117. The minimum absolute atomic E-state index is 0.282. The van der Waals surface area contributed by atoms with Crippen LogP contribution in [0.5, 0.6) is 11.5 Å². The van der Waals surface area contributed by atoms with Crippen LogP contribution in [-0.4, -0.2) is 22.7 Å². The van der Waals surface area contributed by atoms with E-state index in [1.807, 2.05) is 0 Å². The van der Waals surface area contributed by atoms with Crippen molar-refractivity contribution in [2.75, 3.05) is 11.4 Å². The van der Waals surface area contributed by atoms with Gasteiger partial charge in [0.1, 0.15) is 11.6 Å². The third-order valence-electron chi connectivity index (χ3n) is 3.35. The van der Waals surface area contributed by atoms with E-state index in [2.05, 4.69) is 0 Å². The molecule has 5 nitrogen and oxygen atoms in total. The van der Waals surface area contributed by atoms with Gasteiger partial charge in [0.15, 0.2) is 5.76 Å². The minimum Gasteiger partial charge on any atom is -0.502 e. The Balaban J connectivity index is 2.15. The SMILES string of the molecule is O=C1CCCN1c1oc(-c2c(F)cccc2F)c(O)c1O. The smallest absolute Gasteiger partial charge is 0.249 e. The van der Waals surface area contributed by atoms with Crippen molar-refractivity contribution in [3.63, 3.8) is 0 Å². The second-order valence-electron chi connectivity index (χ2n) is 4.68. The Morgan fingerprint density at radius 1 is 1.14 bits per heavy atom. The molecule has 0 aliphatic carbocycles. The fourth-order valence-corrected chi connectivity index (χ4v) is 2.33. The molecule has 3 rings (SSSR count). The first kappa shape index (κ1) is 13.4. The summed E-state index contributed by atoms with van der Waals surface area (Å²) in [7, 11) is 0. The van der Waals surface area contributed by atoms with Gasteiger partial charge in [-0.2, -0.15) is 0 Å². The molecule has 1 aliphatic heterocycles. The molecule has 2 heterocycles. The zero-order chi connectivity index (χ0) is 15.1. The first-order chi connectivity index (χ1) is 10.0. The Bertz CT molecular complexity index is 706. The lowest BCUT2D eigenvalue weighted by atomic mass is 10.1. The van der Waals surface area contributed by atoms with Gasteiger partial charge in [-0.3, -0.25) is 9.69 Å². The van der Waals surface area contributed by atoms with Gasteiger partial charge in [-0.25, -0.2) is 8.78 Å². The van der Waals surface area contributed by atoms with Gasteiger partial charge < -0.3 is 14.6 Å². The number of rotatable bonds is 2. The van der Waals surface area contributed by atoms with Crippen molar-refractivity contribution < 1.29 is 28.2 Å². The highest BCUT2D eigenvalue weighted by molar-refractivity contribution is 5.96. The number of halogens is 2. The van der Waals surface area contributed by atoms with Crippen LogP contribution < -0.4 is 4.90 Å². The number of carbonyl (C=O) groups is 1. The molecule has 1 aliphatic rings. The van der Waals surface area contributed by atoms with Gasteiger partial charge in [0.05, 0.1) is 5.56 Å². The van der Waals surface area contributed by atoms with E-state index in [4.69, 9.17) is 4.42 Å². The van der Waals surface area contributed by atoms with Crippen LogP contribution in [-0.2, 0) is 4.79 Å². The van der Waals surface area contributed by atoms with Crippen LogP contribution >= 0.6 is 0 Å². The van der Waals surface area contributed by atoms with Crippen LogP contribution in [0.4, 0.5) is 14.7 Å². The summed E-state index contributed by atoms with van der Waals surface area (Å²) in [5, 5.41) is 19.7. The van der Waals surface area contributed by atoms with Gasteiger partial charge in [0.2, 0.25) is 23.3 Å². The summed E-state index contributed by atoms with van der Waals surface area (Å²) in [4.78, 5) is 12.8. The van der Waals surface area contributed by atoms with Crippen LogP contribution in [0.15, 0.2) is 22.6 Å². The van der Waals surface area contributed by atoms with Crippen molar-refractivity contribution in [1.82, 2.24) is 0 Å². The molecule has 1 saturated heterocycles. The number of hydrogen-bond donors (Lipinski definition) is 2. The Labute approximate surface area is 118 Å². The van der Waals surface area contributed by atoms with Crippen LogP contribution in [0, 0.1) is 11.6 Å². The van der Waals surface area contributed by atoms with E-state index >= 15 is 0 Å². The zero-order valence-electron chi connectivity index (χ0n) is 10.8.